The molecule has 0 fully saturated rings. The Morgan fingerprint density at radius 3 is 3.07 bits per heavy atom. The molecule has 0 aromatic carbocycles. The van der Waals surface area contributed by atoms with Crippen LogP contribution in [0.3, 0.4) is 0 Å². The summed E-state index contributed by atoms with van der Waals surface area (Å²) in [6.45, 7) is 0. The van der Waals surface area contributed by atoms with Gasteiger partial charge in [0.2, 0.25) is 0 Å². The minimum absolute atomic E-state index is 0.945. The maximum absolute atomic E-state index is 4.46. The van der Waals surface area contributed by atoms with Gasteiger partial charge in [-0.2, -0.15) is 0 Å². The lowest BCUT2D eigenvalue weighted by molar-refractivity contribution is 1.32. The van der Waals surface area contributed by atoms with Crippen LogP contribution in [-0.2, 0) is 0 Å². The molecule has 3 aromatic rings. The molecule has 3 heterocycles. The minimum Gasteiger partial charge on any atom is -0.262 e. The molecule has 68 valence electrons. The number of hydrogen-bond acceptors (Lipinski definition) is 5. The lowest BCUT2D eigenvalue weighted by atomic mass is 10.4. The molecule has 3 aromatic heterocycles. The lowest BCUT2D eigenvalue weighted by Gasteiger charge is -1.82. The highest BCUT2D eigenvalue weighted by Crippen LogP contribution is 2.28. The number of aromatic nitrogens is 3. The first kappa shape index (κ1) is 8.02. The third kappa shape index (κ3) is 1.21. The maximum Gasteiger partial charge on any atom is 0.144 e. The van der Waals surface area contributed by atoms with Crippen LogP contribution in [0.4, 0.5) is 0 Å². The van der Waals surface area contributed by atoms with Gasteiger partial charge in [0.05, 0.1) is 16.4 Å². The van der Waals surface area contributed by atoms with Gasteiger partial charge in [-0.3, -0.25) is 4.98 Å². The molecule has 0 radical (unpaired) electrons. The average Bonchev–Trinajstić information content (AvgIpc) is 2.86. The van der Waals surface area contributed by atoms with Gasteiger partial charge in [-0.15, -0.1) is 22.7 Å². The molecule has 0 unspecified atom stereocenters. The molecule has 5 heteroatoms. The molecular weight excluding hydrogens is 214 g/mol. The van der Waals surface area contributed by atoms with Gasteiger partial charge in [-0.1, -0.05) is 0 Å². The summed E-state index contributed by atoms with van der Waals surface area (Å²) in [7, 11) is 0. The van der Waals surface area contributed by atoms with E-state index >= 15 is 0 Å². The van der Waals surface area contributed by atoms with E-state index in [0.29, 0.717) is 0 Å². The summed E-state index contributed by atoms with van der Waals surface area (Å²) >= 11 is 3.23. The van der Waals surface area contributed by atoms with Crippen molar-refractivity contribution in [3.8, 4) is 10.7 Å². The Balaban J connectivity index is 2.24. The molecule has 0 aliphatic rings. The van der Waals surface area contributed by atoms with E-state index in [1.54, 1.807) is 35.1 Å². The average molecular weight is 219 g/mol. The van der Waals surface area contributed by atoms with Crippen molar-refractivity contribution >= 4 is 32.9 Å². The molecule has 0 atom stereocenters. The van der Waals surface area contributed by atoms with E-state index in [-0.39, 0.29) is 0 Å². The molecule has 0 bridgehead atoms. The van der Waals surface area contributed by atoms with E-state index in [0.717, 1.165) is 20.9 Å². The number of nitrogens with zero attached hydrogens (tertiary/aromatic N) is 3. The van der Waals surface area contributed by atoms with Gasteiger partial charge in [0.1, 0.15) is 16.2 Å². The van der Waals surface area contributed by atoms with Crippen molar-refractivity contribution in [1.82, 2.24) is 15.0 Å². The molecule has 0 spiro atoms. The zero-order valence-electron chi connectivity index (χ0n) is 7.04. The predicted molar refractivity (Wildman–Crippen MR) is 58.5 cm³/mol. The fraction of sp³-hybridized carbons (Fsp3) is 0. The van der Waals surface area contributed by atoms with Crippen LogP contribution in [0.15, 0.2) is 29.4 Å². The van der Waals surface area contributed by atoms with Crippen LogP contribution in [-0.4, -0.2) is 15.0 Å². The van der Waals surface area contributed by atoms with Gasteiger partial charge in [0.25, 0.3) is 0 Å². The van der Waals surface area contributed by atoms with Gasteiger partial charge in [0.15, 0.2) is 0 Å². The van der Waals surface area contributed by atoms with Crippen LogP contribution in [0.25, 0.3) is 20.9 Å². The molecule has 14 heavy (non-hydrogen) atoms. The van der Waals surface area contributed by atoms with Crippen molar-refractivity contribution in [1.29, 1.82) is 0 Å². The highest BCUT2D eigenvalue weighted by molar-refractivity contribution is 7.21. The maximum atomic E-state index is 4.46. The van der Waals surface area contributed by atoms with E-state index < -0.39 is 0 Å². The summed E-state index contributed by atoms with van der Waals surface area (Å²) in [5, 5.41) is 2.97. The topological polar surface area (TPSA) is 38.7 Å². The van der Waals surface area contributed by atoms with Crippen molar-refractivity contribution in [2.24, 2.45) is 0 Å². The monoisotopic (exact) mass is 219 g/mol. The van der Waals surface area contributed by atoms with Crippen molar-refractivity contribution in [3.63, 3.8) is 0 Å². The normalized spacial score (nSPS) is 10.9. The summed E-state index contributed by atoms with van der Waals surface area (Å²) in [5.74, 6) is 0. The molecule has 0 amide bonds. The quantitative estimate of drug-likeness (QED) is 0.631. The first-order valence-electron chi connectivity index (χ1n) is 4.02. The van der Waals surface area contributed by atoms with Crippen LogP contribution in [0.2, 0.25) is 0 Å². The van der Waals surface area contributed by atoms with Crippen LogP contribution in [0.5, 0.6) is 0 Å². The Labute approximate surface area is 88.1 Å². The number of rotatable bonds is 1. The lowest BCUT2D eigenvalue weighted by Crippen LogP contribution is -1.73. The second kappa shape index (κ2) is 3.11. The van der Waals surface area contributed by atoms with Crippen LogP contribution in [0, 0.1) is 0 Å². The highest BCUT2D eigenvalue weighted by atomic mass is 32.1. The summed E-state index contributed by atoms with van der Waals surface area (Å²) in [6, 6.07) is 1.98. The zero-order valence-corrected chi connectivity index (χ0v) is 8.68. The van der Waals surface area contributed by atoms with Crippen LogP contribution >= 0.6 is 22.7 Å². The third-order valence-electron chi connectivity index (χ3n) is 1.84. The van der Waals surface area contributed by atoms with Crippen molar-refractivity contribution in [2.75, 3.05) is 0 Å². The zero-order chi connectivity index (χ0) is 9.38. The number of fused-ring (bicyclic) bond motifs is 1. The van der Waals surface area contributed by atoms with Gasteiger partial charge < -0.3 is 0 Å². The largest absolute Gasteiger partial charge is 0.262 e. The fourth-order valence-corrected chi connectivity index (χ4v) is 2.72. The van der Waals surface area contributed by atoms with Crippen molar-refractivity contribution in [3.05, 3.63) is 29.4 Å². The molecular formula is C9H5N3S2. The molecule has 0 saturated carbocycles. The van der Waals surface area contributed by atoms with Crippen LogP contribution < -0.4 is 0 Å². The van der Waals surface area contributed by atoms with Crippen molar-refractivity contribution in [2.45, 2.75) is 0 Å². The summed E-state index contributed by atoms with van der Waals surface area (Å²) in [5.41, 5.74) is 3.72. The predicted octanol–water partition coefficient (Wildman–Crippen LogP) is 2.81. The highest BCUT2D eigenvalue weighted by Gasteiger charge is 2.06. The summed E-state index contributed by atoms with van der Waals surface area (Å²) in [4.78, 5) is 12.7. The molecule has 0 aliphatic heterocycles. The number of hydrogen-bond donors (Lipinski definition) is 0. The van der Waals surface area contributed by atoms with Gasteiger partial charge in [-0.05, 0) is 6.07 Å². The van der Waals surface area contributed by atoms with E-state index in [2.05, 4.69) is 15.0 Å². The molecule has 3 nitrogen and oxygen atoms in total. The number of thiazole rings is 2. The molecule has 0 aliphatic carbocycles. The molecule has 0 saturated heterocycles. The van der Waals surface area contributed by atoms with Gasteiger partial charge in [0, 0.05) is 11.6 Å². The van der Waals surface area contributed by atoms with E-state index in [9.17, 15) is 0 Å². The SMILES string of the molecule is c1cc2sc(-c3cscn3)nc2cn1. The van der Waals surface area contributed by atoms with Crippen molar-refractivity contribution < 1.29 is 0 Å². The second-order valence-electron chi connectivity index (χ2n) is 2.74. The molecule has 0 N–H and O–H groups in total. The Morgan fingerprint density at radius 2 is 2.29 bits per heavy atom. The Kier molecular flexibility index (Phi) is 1.78. The summed E-state index contributed by atoms with van der Waals surface area (Å²) in [6.07, 6.45) is 3.56. The Bertz CT molecular complexity index is 523. The third-order valence-corrected chi connectivity index (χ3v) is 3.49. The standard InChI is InChI=1S/C9H5N3S2/c1-2-10-3-6-8(1)14-9(12-6)7-4-13-5-11-7/h1-5H. The minimum atomic E-state index is 0.945. The van der Waals surface area contributed by atoms with E-state index in [1.807, 2.05) is 17.0 Å². The number of pyridine rings is 1. The first-order valence-corrected chi connectivity index (χ1v) is 5.78. The molecule has 3 rings (SSSR count). The summed E-state index contributed by atoms with van der Waals surface area (Å²) < 4.78 is 1.16. The van der Waals surface area contributed by atoms with E-state index in [4.69, 9.17) is 0 Å². The van der Waals surface area contributed by atoms with E-state index in [1.165, 1.54) is 0 Å². The fourth-order valence-electron chi connectivity index (χ4n) is 1.21. The Hall–Kier alpha value is -1.33. The smallest absolute Gasteiger partial charge is 0.144 e. The first-order chi connectivity index (χ1) is 6.93. The van der Waals surface area contributed by atoms with Crippen LogP contribution in [0.1, 0.15) is 0 Å². The van der Waals surface area contributed by atoms with Gasteiger partial charge in [-0.25, -0.2) is 9.97 Å². The Morgan fingerprint density at radius 1 is 1.29 bits per heavy atom. The van der Waals surface area contributed by atoms with Gasteiger partial charge >= 0.3 is 0 Å². The second-order valence-corrected chi connectivity index (χ2v) is 4.49.